The Kier molecular flexibility index (Phi) is 11.4. The summed E-state index contributed by atoms with van der Waals surface area (Å²) in [6.07, 6.45) is -4.54. The molecule has 13 nitrogen and oxygen atoms in total. The van der Waals surface area contributed by atoms with E-state index in [0.29, 0.717) is 4.57 Å². The summed E-state index contributed by atoms with van der Waals surface area (Å²) < 4.78 is 157. The predicted molar refractivity (Wildman–Crippen MR) is 160 cm³/mol. The van der Waals surface area contributed by atoms with E-state index < -0.39 is 106 Å². The van der Waals surface area contributed by atoms with Crippen LogP contribution in [-0.2, 0) is 42.2 Å². The van der Waals surface area contributed by atoms with E-state index in [9.17, 15) is 52.8 Å². The van der Waals surface area contributed by atoms with Gasteiger partial charge >= 0.3 is 36.9 Å². The Morgan fingerprint density at radius 1 is 0.809 bits per heavy atom. The van der Waals surface area contributed by atoms with E-state index in [4.69, 9.17) is 13.6 Å². The third-order valence-corrected chi connectivity index (χ3v) is 19.4. The summed E-state index contributed by atoms with van der Waals surface area (Å²) in [6.45, 7) is 13.6. The first-order chi connectivity index (χ1) is 20.6. The zero-order chi connectivity index (χ0) is 37.0. The molecule has 47 heavy (non-hydrogen) atoms. The van der Waals surface area contributed by atoms with Crippen LogP contribution in [0.3, 0.4) is 0 Å². The molecule has 1 aromatic rings. The molecule has 0 unspecified atom stereocenters. The third kappa shape index (κ3) is 8.95. The van der Waals surface area contributed by atoms with Crippen LogP contribution < -0.4 is 11.2 Å². The van der Waals surface area contributed by atoms with Gasteiger partial charge in [-0.1, -0.05) is 41.5 Å². The average Bonchev–Trinajstić information content (AvgIpc) is 3.11. The van der Waals surface area contributed by atoms with Gasteiger partial charge in [-0.3, -0.25) is 22.7 Å². The van der Waals surface area contributed by atoms with Crippen LogP contribution in [0.5, 0.6) is 0 Å². The van der Waals surface area contributed by atoms with Crippen LogP contribution in [-0.4, -0.2) is 85.1 Å². The normalized spacial score (nSPS) is 22.1. The van der Waals surface area contributed by atoms with E-state index in [1.807, 2.05) is 4.98 Å². The van der Waals surface area contributed by atoms with Crippen molar-refractivity contribution in [3.8, 4) is 0 Å². The minimum atomic E-state index is -6.47. The Bertz CT molecular complexity index is 1580. The second-order valence-corrected chi connectivity index (χ2v) is 26.8. The van der Waals surface area contributed by atoms with E-state index >= 15 is 0 Å². The number of rotatable bonds is 11. The van der Waals surface area contributed by atoms with Crippen LogP contribution in [0.4, 0.5) is 26.3 Å². The number of hydrogen-bond donors (Lipinski definition) is 1. The van der Waals surface area contributed by atoms with Crippen molar-refractivity contribution in [2.24, 2.45) is 0 Å². The summed E-state index contributed by atoms with van der Waals surface area (Å²) in [6, 6.07) is 0.854. The molecular formula is C24H40F6N2O11S2Si2. The van der Waals surface area contributed by atoms with Crippen LogP contribution in [0, 0.1) is 0 Å². The first-order valence-electron chi connectivity index (χ1n) is 13.9. The van der Waals surface area contributed by atoms with Crippen molar-refractivity contribution in [2.45, 2.75) is 113 Å². The minimum absolute atomic E-state index is 0.632. The lowest BCUT2D eigenvalue weighted by molar-refractivity contribution is -0.144. The van der Waals surface area contributed by atoms with Crippen molar-refractivity contribution in [1.82, 2.24) is 9.55 Å². The van der Waals surface area contributed by atoms with Gasteiger partial charge in [-0.05, 0) is 36.3 Å². The van der Waals surface area contributed by atoms with Crippen LogP contribution >= 0.6 is 0 Å². The van der Waals surface area contributed by atoms with Gasteiger partial charge in [0.15, 0.2) is 22.9 Å². The summed E-state index contributed by atoms with van der Waals surface area (Å²) in [4.78, 5) is 26.8. The highest BCUT2D eigenvalue weighted by Crippen LogP contribution is 2.49. The fourth-order valence-electron chi connectivity index (χ4n) is 3.73. The lowest BCUT2D eigenvalue weighted by Crippen LogP contribution is -2.60. The monoisotopic (exact) mass is 766 g/mol. The topological polar surface area (TPSA) is 169 Å². The smallest absolute Gasteiger partial charge is 0.408 e. The molecule has 2 rings (SSSR count). The fraction of sp³-hybridized carbons (Fsp3) is 0.833. The summed E-state index contributed by atoms with van der Waals surface area (Å²) in [5.74, 6) is 0. The molecule has 0 radical (unpaired) electrons. The van der Waals surface area contributed by atoms with Crippen molar-refractivity contribution in [2.75, 3.05) is 13.2 Å². The number of halogens is 6. The predicted octanol–water partition coefficient (Wildman–Crippen LogP) is 4.32. The molecule has 3 atom stereocenters. The number of aromatic amines is 1. The Balaban J connectivity index is 3.03. The van der Waals surface area contributed by atoms with Gasteiger partial charge in [0.2, 0.25) is 0 Å². The van der Waals surface area contributed by atoms with Gasteiger partial charge in [0.25, 0.3) is 5.56 Å². The van der Waals surface area contributed by atoms with Gasteiger partial charge in [-0.15, -0.1) is 0 Å². The molecule has 2 heterocycles. The van der Waals surface area contributed by atoms with Crippen LogP contribution in [0.25, 0.3) is 0 Å². The van der Waals surface area contributed by atoms with Crippen molar-refractivity contribution >= 4 is 36.9 Å². The number of H-pyrrole nitrogens is 1. The van der Waals surface area contributed by atoms with Crippen molar-refractivity contribution < 1.29 is 65.1 Å². The molecular weight excluding hydrogens is 727 g/mol. The average molecular weight is 767 g/mol. The van der Waals surface area contributed by atoms with E-state index in [-0.39, 0.29) is 0 Å². The molecule has 0 saturated carbocycles. The number of hydrogen-bond acceptors (Lipinski definition) is 11. The van der Waals surface area contributed by atoms with Crippen LogP contribution in [0.15, 0.2) is 21.9 Å². The van der Waals surface area contributed by atoms with E-state index in [1.165, 1.54) is 0 Å². The zero-order valence-electron chi connectivity index (χ0n) is 27.3. The van der Waals surface area contributed by atoms with Crippen molar-refractivity contribution in [3.63, 3.8) is 0 Å². The largest absolute Gasteiger partial charge is 0.523 e. The van der Waals surface area contributed by atoms with Crippen LogP contribution in [0.2, 0.25) is 36.3 Å². The molecule has 1 saturated heterocycles. The standard InChI is InChI=1S/C24H40F6N2O11S2Si2/c1-20(2,3)46(7,8)42-16-17(43-47(9,10)21(4,5)6)22(13-39-44(35,36)23(25,26)27,14-40-45(37,38)24(28,29)30)41-18(16)32-12-11-15(33)31-19(32)34/h11-12,16-18H,13-14H2,1-10H3,(H,31,33,34)/t16-,17+,18-/m1/s1. The number of aromatic nitrogens is 2. The molecule has 274 valence electrons. The van der Waals surface area contributed by atoms with Gasteiger partial charge in [0, 0.05) is 12.3 Å². The van der Waals surface area contributed by atoms with Gasteiger partial charge < -0.3 is 13.6 Å². The molecule has 0 amide bonds. The second kappa shape index (κ2) is 12.9. The zero-order valence-corrected chi connectivity index (χ0v) is 31.0. The van der Waals surface area contributed by atoms with Gasteiger partial charge in [0.05, 0.1) is 0 Å². The molecule has 23 heteroatoms. The van der Waals surface area contributed by atoms with E-state index in [1.54, 1.807) is 67.7 Å². The Labute approximate surface area is 270 Å². The summed E-state index contributed by atoms with van der Waals surface area (Å²) >= 11 is 0. The molecule has 1 fully saturated rings. The Morgan fingerprint density at radius 2 is 1.21 bits per heavy atom. The molecule has 0 spiro atoms. The van der Waals surface area contributed by atoms with E-state index in [2.05, 4.69) is 8.37 Å². The highest BCUT2D eigenvalue weighted by atomic mass is 32.2. The summed E-state index contributed by atoms with van der Waals surface area (Å²) in [5, 5.41) is -1.36. The molecule has 1 aliphatic rings. The Morgan fingerprint density at radius 3 is 1.57 bits per heavy atom. The van der Waals surface area contributed by atoms with E-state index in [0.717, 1.165) is 12.3 Å². The second-order valence-electron chi connectivity index (χ2n) is 14.1. The lowest BCUT2D eigenvalue weighted by Gasteiger charge is -2.46. The maximum Gasteiger partial charge on any atom is 0.523 e. The summed E-state index contributed by atoms with van der Waals surface area (Å²) in [5.41, 5.74) is -17.0. The number of nitrogens with zero attached hydrogens (tertiary/aromatic N) is 1. The maximum atomic E-state index is 13.4. The van der Waals surface area contributed by atoms with Gasteiger partial charge in [-0.25, -0.2) is 4.79 Å². The van der Waals surface area contributed by atoms with Crippen LogP contribution in [0.1, 0.15) is 47.8 Å². The fourth-order valence-corrected chi connectivity index (χ4v) is 7.32. The minimum Gasteiger partial charge on any atom is -0.408 e. The molecule has 1 N–H and O–H groups in total. The SMILES string of the molecule is CC(C)(C)[Si](C)(C)O[C@H]1[C@H](n2ccc(=O)[nH]c2=O)OC(COS(=O)(=O)C(F)(F)F)(COS(=O)(=O)C(F)(F)F)[C@H]1O[Si](C)(C)C(C)(C)C. The van der Waals surface area contributed by atoms with Crippen molar-refractivity contribution in [3.05, 3.63) is 33.1 Å². The van der Waals surface area contributed by atoms with Gasteiger partial charge in [-0.2, -0.15) is 43.2 Å². The molecule has 0 aliphatic carbocycles. The molecule has 1 aromatic heterocycles. The quantitative estimate of drug-likeness (QED) is 0.147. The number of ether oxygens (including phenoxy) is 1. The first-order valence-corrected chi connectivity index (χ1v) is 22.5. The van der Waals surface area contributed by atoms with Gasteiger partial charge in [0.1, 0.15) is 31.0 Å². The first kappa shape index (κ1) is 41.6. The molecule has 1 aliphatic heterocycles. The highest BCUT2D eigenvalue weighted by Gasteiger charge is 2.64. The Hall–Kier alpha value is -1.61. The molecule has 0 aromatic carbocycles. The maximum absolute atomic E-state index is 13.4. The number of alkyl halides is 6. The molecule has 0 bridgehead atoms. The lowest BCUT2D eigenvalue weighted by atomic mass is 9.97. The third-order valence-electron chi connectivity index (χ3n) is 8.53. The number of nitrogens with one attached hydrogen (secondary N) is 1. The summed E-state index contributed by atoms with van der Waals surface area (Å²) in [7, 11) is -19.3. The highest BCUT2D eigenvalue weighted by molar-refractivity contribution is 7.87. The van der Waals surface area contributed by atoms with Crippen molar-refractivity contribution in [1.29, 1.82) is 0 Å².